The Morgan fingerprint density at radius 1 is 1.12 bits per heavy atom. The zero-order valence-electron chi connectivity index (χ0n) is 19.6. The van der Waals surface area contributed by atoms with Gasteiger partial charge in [-0.1, -0.05) is 12.1 Å². The summed E-state index contributed by atoms with van der Waals surface area (Å²) in [4.78, 5) is 26.2. The minimum Gasteiger partial charge on any atom is -0.494 e. The number of carbonyl (C=O) groups is 1. The van der Waals surface area contributed by atoms with Crippen LogP contribution in [0.4, 0.5) is 5.82 Å². The van der Waals surface area contributed by atoms with E-state index >= 15 is 0 Å². The highest BCUT2D eigenvalue weighted by Crippen LogP contribution is 2.28. The molecule has 3 heterocycles. The maximum atomic E-state index is 12.9. The van der Waals surface area contributed by atoms with Gasteiger partial charge in [-0.3, -0.25) is 4.79 Å². The number of anilines is 1. The number of aliphatic hydroxyl groups excluding tert-OH is 1. The smallest absolute Gasteiger partial charge is 0.225 e. The van der Waals surface area contributed by atoms with Crippen LogP contribution in [-0.2, 0) is 11.3 Å². The van der Waals surface area contributed by atoms with Crippen LogP contribution < -0.4 is 9.64 Å². The minimum absolute atomic E-state index is 0.0557. The van der Waals surface area contributed by atoms with E-state index in [9.17, 15) is 9.90 Å². The van der Waals surface area contributed by atoms with Gasteiger partial charge in [-0.25, -0.2) is 14.6 Å². The fraction of sp³-hybridized carbons (Fsp3) is 0.520. The molecule has 0 unspecified atom stereocenters. The van der Waals surface area contributed by atoms with Crippen LogP contribution in [0.15, 0.2) is 36.8 Å². The second kappa shape index (κ2) is 9.97. The Balaban J connectivity index is 1.27. The van der Waals surface area contributed by atoms with Crippen LogP contribution in [0.5, 0.6) is 5.75 Å². The zero-order valence-corrected chi connectivity index (χ0v) is 19.6. The third-order valence-electron chi connectivity index (χ3n) is 6.89. The molecule has 2 aliphatic rings. The maximum absolute atomic E-state index is 12.9. The molecule has 34 heavy (non-hydrogen) atoms. The van der Waals surface area contributed by atoms with Gasteiger partial charge in [-0.15, -0.1) is 0 Å². The SMILES string of the molecule is CCOc1cccc(Cn2ncc3c(N4CCN(C(=O)C5CCC(O)CC5)CC4)ncnc32)c1. The van der Waals surface area contributed by atoms with Crippen molar-refractivity contribution in [2.75, 3.05) is 37.7 Å². The first kappa shape index (κ1) is 22.6. The van der Waals surface area contributed by atoms with Gasteiger partial charge in [0.2, 0.25) is 5.91 Å². The summed E-state index contributed by atoms with van der Waals surface area (Å²) in [6.45, 7) is 6.03. The third-order valence-corrected chi connectivity index (χ3v) is 6.89. The molecular weight excluding hydrogens is 432 g/mol. The van der Waals surface area contributed by atoms with Gasteiger partial charge in [0.05, 0.1) is 30.8 Å². The quantitative estimate of drug-likeness (QED) is 0.599. The van der Waals surface area contributed by atoms with Crippen molar-refractivity contribution in [3.63, 3.8) is 0 Å². The van der Waals surface area contributed by atoms with E-state index < -0.39 is 0 Å². The van der Waals surface area contributed by atoms with Gasteiger partial charge in [-0.2, -0.15) is 5.10 Å². The van der Waals surface area contributed by atoms with Gasteiger partial charge in [-0.05, 0) is 50.3 Å². The molecule has 9 nitrogen and oxygen atoms in total. The lowest BCUT2D eigenvalue weighted by atomic mass is 9.86. The Hall–Kier alpha value is -3.20. The molecule has 0 atom stereocenters. The molecule has 1 aliphatic heterocycles. The van der Waals surface area contributed by atoms with Crippen molar-refractivity contribution in [1.82, 2.24) is 24.6 Å². The van der Waals surface area contributed by atoms with E-state index in [4.69, 9.17) is 4.74 Å². The predicted octanol–water partition coefficient (Wildman–Crippen LogP) is 2.47. The lowest BCUT2D eigenvalue weighted by Gasteiger charge is -2.38. The standard InChI is InChI=1S/C25H32N6O3/c1-2-34-21-5-3-4-18(14-21)16-31-24-22(15-28-31)23(26-17-27-24)29-10-12-30(13-11-29)25(33)19-6-8-20(32)9-7-19/h3-5,14-15,17,19-20,32H,2,6-13,16H2,1H3. The number of fused-ring (bicyclic) bond motifs is 1. The maximum Gasteiger partial charge on any atom is 0.225 e. The van der Waals surface area contributed by atoms with Crippen molar-refractivity contribution in [2.24, 2.45) is 5.92 Å². The summed E-state index contributed by atoms with van der Waals surface area (Å²) < 4.78 is 7.51. The highest BCUT2D eigenvalue weighted by Gasteiger charge is 2.31. The molecule has 0 radical (unpaired) electrons. The first-order valence-electron chi connectivity index (χ1n) is 12.2. The van der Waals surface area contributed by atoms with Crippen LogP contribution in [0.3, 0.4) is 0 Å². The zero-order chi connectivity index (χ0) is 23.5. The molecule has 1 aliphatic carbocycles. The molecule has 0 bridgehead atoms. The molecule has 0 spiro atoms. The minimum atomic E-state index is -0.240. The Morgan fingerprint density at radius 3 is 2.68 bits per heavy atom. The van der Waals surface area contributed by atoms with E-state index in [0.717, 1.165) is 66.9 Å². The molecule has 9 heteroatoms. The fourth-order valence-electron chi connectivity index (χ4n) is 5.04. The van der Waals surface area contributed by atoms with Crippen LogP contribution in [0, 0.1) is 5.92 Å². The summed E-state index contributed by atoms with van der Waals surface area (Å²) >= 11 is 0. The third kappa shape index (κ3) is 4.70. The molecule has 180 valence electrons. The number of rotatable bonds is 6. The van der Waals surface area contributed by atoms with Crippen LogP contribution >= 0.6 is 0 Å². The number of ether oxygens (including phenoxy) is 1. The molecule has 1 saturated heterocycles. The van der Waals surface area contributed by atoms with Crippen molar-refractivity contribution in [2.45, 2.75) is 45.3 Å². The van der Waals surface area contributed by atoms with Crippen molar-refractivity contribution in [3.05, 3.63) is 42.4 Å². The Labute approximate surface area is 199 Å². The van der Waals surface area contributed by atoms with Gasteiger partial charge >= 0.3 is 0 Å². The Morgan fingerprint density at radius 2 is 1.91 bits per heavy atom. The molecule has 1 aromatic carbocycles. The first-order chi connectivity index (χ1) is 16.6. The molecule has 3 aromatic rings. The lowest BCUT2D eigenvalue weighted by molar-refractivity contribution is -0.137. The number of hydrogen-bond donors (Lipinski definition) is 1. The number of nitrogens with zero attached hydrogens (tertiary/aromatic N) is 6. The molecule has 1 amide bonds. The molecule has 2 fully saturated rings. The highest BCUT2D eigenvalue weighted by atomic mass is 16.5. The molecular formula is C25H32N6O3. The van der Waals surface area contributed by atoms with Crippen molar-refractivity contribution >= 4 is 22.8 Å². The van der Waals surface area contributed by atoms with E-state index in [1.807, 2.05) is 40.9 Å². The van der Waals surface area contributed by atoms with Crippen molar-refractivity contribution in [1.29, 1.82) is 0 Å². The van der Waals surface area contributed by atoms with Crippen molar-refractivity contribution < 1.29 is 14.6 Å². The monoisotopic (exact) mass is 464 g/mol. The number of aliphatic hydroxyl groups is 1. The number of amides is 1. The summed E-state index contributed by atoms with van der Waals surface area (Å²) in [5, 5.41) is 15.2. The van der Waals surface area contributed by atoms with E-state index in [1.165, 1.54) is 0 Å². The number of aromatic nitrogens is 4. The second-order valence-electron chi connectivity index (χ2n) is 9.13. The van der Waals surface area contributed by atoms with Crippen LogP contribution in [0.1, 0.15) is 38.2 Å². The van der Waals surface area contributed by atoms with Gasteiger partial charge in [0.15, 0.2) is 5.65 Å². The number of carbonyl (C=O) groups excluding carboxylic acids is 1. The second-order valence-corrected chi connectivity index (χ2v) is 9.13. The van der Waals surface area contributed by atoms with Gasteiger partial charge in [0, 0.05) is 32.1 Å². The van der Waals surface area contributed by atoms with Gasteiger partial charge in [0.1, 0.15) is 17.9 Å². The number of hydrogen-bond acceptors (Lipinski definition) is 7. The van der Waals surface area contributed by atoms with E-state index in [0.29, 0.717) is 26.2 Å². The fourth-order valence-corrected chi connectivity index (χ4v) is 5.04. The Kier molecular flexibility index (Phi) is 6.62. The molecule has 1 N–H and O–H groups in total. The van der Waals surface area contributed by atoms with Crippen LogP contribution in [0.2, 0.25) is 0 Å². The van der Waals surface area contributed by atoms with E-state index in [1.54, 1.807) is 6.33 Å². The van der Waals surface area contributed by atoms with Crippen molar-refractivity contribution in [3.8, 4) is 5.75 Å². The average molecular weight is 465 g/mol. The lowest BCUT2D eigenvalue weighted by Crippen LogP contribution is -2.51. The number of benzene rings is 1. The topological polar surface area (TPSA) is 96.6 Å². The molecule has 2 aromatic heterocycles. The van der Waals surface area contributed by atoms with E-state index in [2.05, 4.69) is 26.0 Å². The summed E-state index contributed by atoms with van der Waals surface area (Å²) in [7, 11) is 0. The Bertz CT molecular complexity index is 1130. The summed E-state index contributed by atoms with van der Waals surface area (Å²) in [6.07, 6.45) is 6.23. The number of piperazine rings is 1. The predicted molar refractivity (Wildman–Crippen MR) is 129 cm³/mol. The summed E-state index contributed by atoms with van der Waals surface area (Å²) in [6, 6.07) is 8.03. The normalized spacial score (nSPS) is 21.1. The van der Waals surface area contributed by atoms with Crippen LogP contribution in [0.25, 0.3) is 11.0 Å². The molecule has 1 saturated carbocycles. The average Bonchev–Trinajstić information content (AvgIpc) is 3.27. The van der Waals surface area contributed by atoms with E-state index in [-0.39, 0.29) is 17.9 Å². The largest absolute Gasteiger partial charge is 0.494 e. The first-order valence-corrected chi connectivity index (χ1v) is 12.2. The molecule has 5 rings (SSSR count). The van der Waals surface area contributed by atoms with Gasteiger partial charge < -0.3 is 19.6 Å². The highest BCUT2D eigenvalue weighted by molar-refractivity contribution is 5.87. The van der Waals surface area contributed by atoms with Gasteiger partial charge in [0.25, 0.3) is 0 Å². The van der Waals surface area contributed by atoms with Crippen LogP contribution in [-0.4, -0.2) is 74.6 Å². The summed E-state index contributed by atoms with van der Waals surface area (Å²) in [5.74, 6) is 2.01. The summed E-state index contributed by atoms with van der Waals surface area (Å²) in [5.41, 5.74) is 1.89.